The van der Waals surface area contributed by atoms with E-state index in [1.165, 1.54) is 12.1 Å². The summed E-state index contributed by atoms with van der Waals surface area (Å²) < 4.78 is 17.1. The maximum atomic E-state index is 12.7. The lowest BCUT2D eigenvalue weighted by atomic mass is 10.3. The van der Waals surface area contributed by atoms with Crippen LogP contribution in [-0.2, 0) is 25.3 Å². The van der Waals surface area contributed by atoms with Crippen LogP contribution in [0.3, 0.4) is 0 Å². The third-order valence-electron chi connectivity index (χ3n) is 4.77. The number of benzene rings is 3. The molecule has 0 bridgehead atoms. The molecule has 194 valence electrons. The fraction of sp³-hybridized carbons (Fsp3) is 0.222. The number of esters is 3. The number of ether oxygens (including phenoxy) is 3. The van der Waals surface area contributed by atoms with Gasteiger partial charge in [-0.15, -0.1) is 0 Å². The van der Waals surface area contributed by atoms with E-state index < -0.39 is 43.3 Å². The SMILES string of the molecule is CC(Br)C(=O)Oc1cc(OC(=O)C(C)Br)c([S+](c2ccccc2)c2ccccc2)c(OC(=O)C(C)Br)c1. The zero-order valence-electron chi connectivity index (χ0n) is 20.2. The quantitative estimate of drug-likeness (QED) is 0.104. The minimum atomic E-state index is -0.862. The van der Waals surface area contributed by atoms with Crippen LogP contribution in [0, 0.1) is 0 Å². The molecule has 3 rings (SSSR count). The van der Waals surface area contributed by atoms with Crippen LogP contribution in [0.2, 0.25) is 0 Å². The average molecular weight is 716 g/mol. The van der Waals surface area contributed by atoms with Gasteiger partial charge in [0, 0.05) is 12.1 Å². The lowest BCUT2D eigenvalue weighted by molar-refractivity contribution is -0.133. The van der Waals surface area contributed by atoms with E-state index in [-0.39, 0.29) is 17.2 Å². The largest absolute Gasteiger partial charge is 0.425 e. The van der Waals surface area contributed by atoms with Crippen molar-refractivity contribution in [3.63, 3.8) is 0 Å². The second kappa shape index (κ2) is 13.6. The summed E-state index contributed by atoms with van der Waals surface area (Å²) in [7, 11) is -0.862. The smallest absolute Gasteiger partial charge is 0.325 e. The van der Waals surface area contributed by atoms with Gasteiger partial charge in [-0.2, -0.15) is 0 Å². The minimum absolute atomic E-state index is 0.0692. The van der Waals surface area contributed by atoms with E-state index in [2.05, 4.69) is 47.8 Å². The second-order valence-electron chi connectivity index (χ2n) is 7.79. The van der Waals surface area contributed by atoms with Crippen molar-refractivity contribution >= 4 is 76.6 Å². The molecule has 0 amide bonds. The standard InChI is InChI=1S/C27H24Br3O6S/c1-16(28)25(31)34-19-14-22(35-26(32)17(2)29)24(23(15-19)36-27(33)18(3)30)37(20-10-6-4-7-11-20)21-12-8-5-9-13-21/h4-18H,1-3H3/q+1. The lowest BCUT2D eigenvalue weighted by Crippen LogP contribution is -2.22. The normalized spacial score (nSPS) is 13.4. The summed E-state index contributed by atoms with van der Waals surface area (Å²) in [5, 5.41) is 0. The average Bonchev–Trinajstić information content (AvgIpc) is 2.86. The van der Waals surface area contributed by atoms with Crippen LogP contribution >= 0.6 is 47.8 Å². The van der Waals surface area contributed by atoms with Gasteiger partial charge in [-0.3, -0.25) is 14.4 Å². The molecule has 0 heterocycles. The molecule has 0 aliphatic carbocycles. The van der Waals surface area contributed by atoms with E-state index in [1.54, 1.807) is 20.8 Å². The Labute approximate surface area is 243 Å². The molecule has 3 aromatic carbocycles. The number of rotatable bonds is 9. The van der Waals surface area contributed by atoms with Gasteiger partial charge in [-0.05, 0) is 45.0 Å². The highest BCUT2D eigenvalue weighted by atomic mass is 79.9. The van der Waals surface area contributed by atoms with Gasteiger partial charge in [0.05, 0.1) is 0 Å². The Morgan fingerprint density at radius 1 is 0.622 bits per heavy atom. The summed E-state index contributed by atoms with van der Waals surface area (Å²) in [6.45, 7) is 4.90. The van der Waals surface area contributed by atoms with E-state index in [0.29, 0.717) is 4.90 Å². The maximum absolute atomic E-state index is 12.7. The van der Waals surface area contributed by atoms with E-state index >= 15 is 0 Å². The van der Waals surface area contributed by atoms with E-state index in [9.17, 15) is 14.4 Å². The van der Waals surface area contributed by atoms with Crippen molar-refractivity contribution in [2.75, 3.05) is 0 Å². The molecule has 0 aliphatic heterocycles. The molecule has 0 radical (unpaired) electrons. The lowest BCUT2D eigenvalue weighted by Gasteiger charge is -2.18. The second-order valence-corrected chi connectivity index (χ2v) is 13.9. The first-order valence-electron chi connectivity index (χ1n) is 11.2. The highest BCUT2D eigenvalue weighted by Crippen LogP contribution is 2.45. The molecular formula is C27H24Br3O6S+. The Morgan fingerprint density at radius 3 is 1.32 bits per heavy atom. The van der Waals surface area contributed by atoms with Crippen molar-refractivity contribution in [2.24, 2.45) is 0 Å². The Balaban J connectivity index is 2.34. The van der Waals surface area contributed by atoms with Crippen LogP contribution in [0.1, 0.15) is 20.8 Å². The zero-order chi connectivity index (χ0) is 27.1. The Morgan fingerprint density at radius 2 is 0.973 bits per heavy atom. The number of halogens is 3. The molecule has 0 N–H and O–H groups in total. The molecule has 6 nitrogen and oxygen atoms in total. The molecule has 10 heteroatoms. The molecule has 0 fully saturated rings. The molecule has 3 aromatic rings. The Bertz CT molecular complexity index is 1170. The first-order chi connectivity index (χ1) is 17.6. The van der Waals surface area contributed by atoms with Gasteiger partial charge in [0.25, 0.3) is 4.90 Å². The molecule has 37 heavy (non-hydrogen) atoms. The molecule has 0 spiro atoms. The van der Waals surface area contributed by atoms with Crippen molar-refractivity contribution in [1.82, 2.24) is 0 Å². The van der Waals surface area contributed by atoms with Crippen molar-refractivity contribution in [3.8, 4) is 17.2 Å². The van der Waals surface area contributed by atoms with Gasteiger partial charge in [0.15, 0.2) is 21.3 Å². The van der Waals surface area contributed by atoms with Crippen molar-refractivity contribution in [2.45, 2.75) is 49.9 Å². The fourth-order valence-corrected chi connectivity index (χ4v) is 5.51. The van der Waals surface area contributed by atoms with Crippen molar-refractivity contribution in [1.29, 1.82) is 0 Å². The fourth-order valence-electron chi connectivity index (χ4n) is 3.03. The van der Waals surface area contributed by atoms with Gasteiger partial charge in [-0.1, -0.05) is 84.2 Å². The van der Waals surface area contributed by atoms with E-state index in [0.717, 1.165) is 9.79 Å². The van der Waals surface area contributed by atoms with Crippen LogP contribution in [0.15, 0.2) is 87.5 Å². The monoisotopic (exact) mass is 713 g/mol. The maximum Gasteiger partial charge on any atom is 0.325 e. The number of carbonyl (C=O) groups excluding carboxylic acids is 3. The first kappa shape index (κ1) is 29.4. The Kier molecular flexibility index (Phi) is 10.8. The van der Waals surface area contributed by atoms with E-state index in [1.807, 2.05) is 60.7 Å². The molecule has 0 aromatic heterocycles. The summed E-state index contributed by atoms with van der Waals surface area (Å²) in [6, 6.07) is 22.2. The third kappa shape index (κ3) is 7.92. The van der Waals surface area contributed by atoms with Crippen LogP contribution in [0.5, 0.6) is 17.2 Å². The van der Waals surface area contributed by atoms with Crippen LogP contribution in [0.4, 0.5) is 0 Å². The Hall–Kier alpha value is -2.14. The third-order valence-corrected chi connectivity index (χ3v) is 8.19. The summed E-state index contributed by atoms with van der Waals surface area (Å²) in [4.78, 5) is 38.3. The predicted octanol–water partition coefficient (Wildman–Crippen LogP) is 6.85. The predicted molar refractivity (Wildman–Crippen MR) is 154 cm³/mol. The summed E-state index contributed by atoms with van der Waals surface area (Å²) in [6.07, 6.45) is 0. The van der Waals surface area contributed by atoms with Gasteiger partial charge < -0.3 is 14.2 Å². The van der Waals surface area contributed by atoms with E-state index in [4.69, 9.17) is 14.2 Å². The summed E-state index contributed by atoms with van der Waals surface area (Å²) in [5.74, 6) is -1.38. The zero-order valence-corrected chi connectivity index (χ0v) is 25.7. The minimum Gasteiger partial charge on any atom is -0.425 e. The molecule has 0 aliphatic rings. The molecular weight excluding hydrogens is 692 g/mol. The summed E-state index contributed by atoms with van der Waals surface area (Å²) >= 11 is 9.69. The van der Waals surface area contributed by atoms with Gasteiger partial charge in [0.2, 0.25) is 0 Å². The molecule has 3 unspecified atom stereocenters. The van der Waals surface area contributed by atoms with Gasteiger partial charge in [0.1, 0.15) is 31.1 Å². The molecule has 0 saturated heterocycles. The highest BCUT2D eigenvalue weighted by molar-refractivity contribution is 9.10. The van der Waals surface area contributed by atoms with Crippen LogP contribution in [-0.4, -0.2) is 32.4 Å². The van der Waals surface area contributed by atoms with Gasteiger partial charge >= 0.3 is 17.9 Å². The summed E-state index contributed by atoms with van der Waals surface area (Å²) in [5.41, 5.74) is 0. The topological polar surface area (TPSA) is 78.9 Å². The van der Waals surface area contributed by atoms with Crippen LogP contribution < -0.4 is 14.2 Å². The van der Waals surface area contributed by atoms with Crippen molar-refractivity contribution in [3.05, 3.63) is 72.8 Å². The number of hydrogen-bond donors (Lipinski definition) is 0. The molecule has 3 atom stereocenters. The van der Waals surface area contributed by atoms with Gasteiger partial charge in [-0.25, -0.2) is 0 Å². The number of carbonyl (C=O) groups is 3. The first-order valence-corrected chi connectivity index (χ1v) is 15.2. The number of hydrogen-bond acceptors (Lipinski definition) is 6. The highest BCUT2D eigenvalue weighted by Gasteiger charge is 2.39. The molecule has 0 saturated carbocycles. The van der Waals surface area contributed by atoms with Crippen LogP contribution in [0.25, 0.3) is 0 Å². The van der Waals surface area contributed by atoms with Crippen molar-refractivity contribution < 1.29 is 28.6 Å². The number of alkyl halides is 3.